The molecular formula is C10H18O4S. The van der Waals surface area contributed by atoms with Crippen LogP contribution in [0.4, 0.5) is 0 Å². The molecule has 0 radical (unpaired) electrons. The van der Waals surface area contributed by atoms with Crippen LogP contribution >= 0.6 is 11.8 Å². The highest BCUT2D eigenvalue weighted by molar-refractivity contribution is 7.98. The highest BCUT2D eigenvalue weighted by Gasteiger charge is 2.55. The summed E-state index contributed by atoms with van der Waals surface area (Å²) in [5.41, 5.74) is 0. The van der Waals surface area contributed by atoms with Gasteiger partial charge in [0.25, 0.3) is 0 Å². The number of methoxy groups -OCH3 is 1. The summed E-state index contributed by atoms with van der Waals surface area (Å²) in [4.78, 5) is 0. The molecule has 0 amide bonds. The molecule has 0 spiro atoms. The van der Waals surface area contributed by atoms with Crippen LogP contribution in [0.3, 0.4) is 0 Å². The van der Waals surface area contributed by atoms with Gasteiger partial charge in [0.05, 0.1) is 6.10 Å². The third-order valence-corrected chi connectivity index (χ3v) is 3.33. The minimum absolute atomic E-state index is 0.00241. The maximum absolute atomic E-state index is 5.83. The minimum Gasteiger partial charge on any atom is -0.353 e. The second kappa shape index (κ2) is 4.22. The summed E-state index contributed by atoms with van der Waals surface area (Å²) in [7, 11) is 1.64. The van der Waals surface area contributed by atoms with Crippen LogP contribution in [0, 0.1) is 0 Å². The molecule has 2 fully saturated rings. The molecule has 0 N–H and O–H groups in total. The monoisotopic (exact) mass is 234 g/mol. The molecule has 0 aromatic rings. The lowest BCUT2D eigenvalue weighted by Crippen LogP contribution is -2.31. The van der Waals surface area contributed by atoms with Crippen molar-refractivity contribution in [2.75, 3.05) is 19.1 Å². The average molecular weight is 234 g/mol. The smallest absolute Gasteiger partial charge is 0.186 e. The molecule has 88 valence electrons. The molecule has 2 aliphatic heterocycles. The molecule has 0 aliphatic carbocycles. The average Bonchev–Trinajstić information content (AvgIpc) is 2.61. The van der Waals surface area contributed by atoms with E-state index in [0.717, 1.165) is 5.75 Å². The summed E-state index contributed by atoms with van der Waals surface area (Å²) >= 11 is 1.74. The van der Waals surface area contributed by atoms with Crippen LogP contribution in [0.5, 0.6) is 0 Å². The molecule has 0 aromatic carbocycles. The van der Waals surface area contributed by atoms with Gasteiger partial charge in [-0.15, -0.1) is 0 Å². The van der Waals surface area contributed by atoms with Crippen molar-refractivity contribution in [3.8, 4) is 0 Å². The predicted molar refractivity (Wildman–Crippen MR) is 57.9 cm³/mol. The topological polar surface area (TPSA) is 36.9 Å². The number of ether oxygens (including phenoxy) is 4. The Balaban J connectivity index is 2.08. The number of hydrogen-bond donors (Lipinski definition) is 0. The first-order valence-electron chi connectivity index (χ1n) is 5.10. The molecule has 1 unspecified atom stereocenters. The fourth-order valence-electron chi connectivity index (χ4n) is 2.13. The normalized spacial score (nSPS) is 43.2. The first kappa shape index (κ1) is 11.7. The van der Waals surface area contributed by atoms with Crippen molar-refractivity contribution in [3.63, 3.8) is 0 Å². The lowest BCUT2D eigenvalue weighted by atomic mass is 10.2. The molecule has 2 heterocycles. The molecule has 4 nitrogen and oxygen atoms in total. The van der Waals surface area contributed by atoms with E-state index in [1.54, 1.807) is 18.9 Å². The van der Waals surface area contributed by atoms with Gasteiger partial charge in [0.1, 0.15) is 12.2 Å². The van der Waals surface area contributed by atoms with Gasteiger partial charge in [-0.1, -0.05) is 0 Å². The third kappa shape index (κ3) is 2.17. The van der Waals surface area contributed by atoms with Gasteiger partial charge in [-0.2, -0.15) is 11.8 Å². The van der Waals surface area contributed by atoms with Crippen molar-refractivity contribution in [1.82, 2.24) is 0 Å². The Morgan fingerprint density at radius 2 is 1.93 bits per heavy atom. The lowest BCUT2D eigenvalue weighted by molar-refractivity contribution is -0.224. The zero-order valence-electron chi connectivity index (χ0n) is 9.56. The number of rotatable bonds is 3. The summed E-state index contributed by atoms with van der Waals surface area (Å²) in [6.45, 7) is 3.85. The van der Waals surface area contributed by atoms with Gasteiger partial charge >= 0.3 is 0 Å². The zero-order chi connectivity index (χ0) is 11.1. The second-order valence-electron chi connectivity index (χ2n) is 4.30. The molecule has 2 saturated heterocycles. The lowest BCUT2D eigenvalue weighted by Gasteiger charge is -2.23. The van der Waals surface area contributed by atoms with Gasteiger partial charge < -0.3 is 18.9 Å². The quantitative estimate of drug-likeness (QED) is 0.734. The van der Waals surface area contributed by atoms with Gasteiger partial charge in [0, 0.05) is 12.9 Å². The van der Waals surface area contributed by atoms with E-state index in [0.29, 0.717) is 0 Å². The zero-order valence-corrected chi connectivity index (χ0v) is 10.4. The van der Waals surface area contributed by atoms with Crippen molar-refractivity contribution in [2.24, 2.45) is 0 Å². The van der Waals surface area contributed by atoms with Crippen LogP contribution in [-0.4, -0.2) is 49.5 Å². The Hall–Kier alpha value is 0.190. The number of thioether (sulfide) groups is 1. The van der Waals surface area contributed by atoms with E-state index in [9.17, 15) is 0 Å². The van der Waals surface area contributed by atoms with E-state index < -0.39 is 5.79 Å². The van der Waals surface area contributed by atoms with Gasteiger partial charge in [-0.3, -0.25) is 0 Å². The first-order chi connectivity index (χ1) is 7.07. The molecule has 0 bridgehead atoms. The summed E-state index contributed by atoms with van der Waals surface area (Å²) in [6.07, 6.45) is 1.73. The molecule has 2 rings (SSSR count). The van der Waals surface area contributed by atoms with E-state index in [-0.39, 0.29) is 24.6 Å². The highest BCUT2D eigenvalue weighted by atomic mass is 32.2. The van der Waals surface area contributed by atoms with Crippen LogP contribution in [0.25, 0.3) is 0 Å². The predicted octanol–water partition coefficient (Wildman–Crippen LogP) is 1.24. The highest BCUT2D eigenvalue weighted by Crippen LogP contribution is 2.39. The standard InChI is InChI=1S/C10H18O4S/c1-10(2)13-7-6(5-15-4)12-9(11-3)8(7)14-10/h6-9H,5H2,1-4H3/t6-,7-,8-,9?/m1/s1. The van der Waals surface area contributed by atoms with Gasteiger partial charge in [0.15, 0.2) is 12.1 Å². The van der Waals surface area contributed by atoms with Gasteiger partial charge in [-0.25, -0.2) is 0 Å². The van der Waals surface area contributed by atoms with Crippen molar-refractivity contribution >= 4 is 11.8 Å². The van der Waals surface area contributed by atoms with E-state index in [1.165, 1.54) is 0 Å². The van der Waals surface area contributed by atoms with Crippen molar-refractivity contribution in [2.45, 2.75) is 44.2 Å². The first-order valence-corrected chi connectivity index (χ1v) is 6.49. The summed E-state index contributed by atoms with van der Waals surface area (Å²) in [5, 5.41) is 0. The van der Waals surface area contributed by atoms with Crippen molar-refractivity contribution in [1.29, 1.82) is 0 Å². The second-order valence-corrected chi connectivity index (χ2v) is 5.21. The Bertz CT molecular complexity index is 233. The van der Waals surface area contributed by atoms with Crippen LogP contribution in [-0.2, 0) is 18.9 Å². The Morgan fingerprint density at radius 3 is 2.53 bits per heavy atom. The van der Waals surface area contributed by atoms with E-state index >= 15 is 0 Å². The molecule has 5 heteroatoms. The minimum atomic E-state index is -0.521. The summed E-state index contributed by atoms with van der Waals surface area (Å²) in [6, 6.07) is 0. The molecule has 2 aliphatic rings. The SMILES string of the molecule is COC1O[C@H](CSC)[C@H]2OC(C)(C)O[C@@H]12. The summed E-state index contributed by atoms with van der Waals surface area (Å²) in [5.74, 6) is 0.382. The van der Waals surface area contributed by atoms with Crippen LogP contribution in [0.1, 0.15) is 13.8 Å². The fraction of sp³-hybridized carbons (Fsp3) is 1.00. The Morgan fingerprint density at radius 1 is 1.27 bits per heavy atom. The fourth-order valence-corrected chi connectivity index (χ4v) is 2.73. The third-order valence-electron chi connectivity index (χ3n) is 2.67. The van der Waals surface area contributed by atoms with E-state index in [4.69, 9.17) is 18.9 Å². The van der Waals surface area contributed by atoms with Crippen LogP contribution in [0.15, 0.2) is 0 Å². The molecule has 4 atom stereocenters. The van der Waals surface area contributed by atoms with Crippen LogP contribution in [0.2, 0.25) is 0 Å². The Kier molecular flexibility index (Phi) is 3.28. The maximum Gasteiger partial charge on any atom is 0.186 e. The van der Waals surface area contributed by atoms with Crippen molar-refractivity contribution < 1.29 is 18.9 Å². The van der Waals surface area contributed by atoms with Crippen molar-refractivity contribution in [3.05, 3.63) is 0 Å². The molecular weight excluding hydrogens is 216 g/mol. The largest absolute Gasteiger partial charge is 0.353 e. The Labute approximate surface area is 94.6 Å². The summed E-state index contributed by atoms with van der Waals surface area (Å²) < 4.78 is 22.6. The number of fused-ring (bicyclic) bond motifs is 1. The van der Waals surface area contributed by atoms with Gasteiger partial charge in [-0.05, 0) is 20.1 Å². The van der Waals surface area contributed by atoms with Crippen LogP contribution < -0.4 is 0 Å². The maximum atomic E-state index is 5.83. The number of hydrogen-bond acceptors (Lipinski definition) is 5. The van der Waals surface area contributed by atoms with E-state index in [1.807, 2.05) is 13.8 Å². The molecule has 15 heavy (non-hydrogen) atoms. The van der Waals surface area contributed by atoms with Gasteiger partial charge in [0.2, 0.25) is 0 Å². The molecule has 0 saturated carbocycles. The molecule has 0 aromatic heterocycles. The van der Waals surface area contributed by atoms with E-state index in [2.05, 4.69) is 6.26 Å².